The molecule has 2 aromatic heterocycles. The molecule has 0 saturated carbocycles. The molecule has 1 saturated heterocycles. The van der Waals surface area contributed by atoms with Gasteiger partial charge in [0.1, 0.15) is 0 Å². The maximum absolute atomic E-state index is 11.1. The normalized spacial score (nSPS) is 19.5. The quantitative estimate of drug-likeness (QED) is 0.911. The van der Waals surface area contributed by atoms with Gasteiger partial charge >= 0.3 is 0 Å². The van der Waals surface area contributed by atoms with Gasteiger partial charge < -0.3 is 10.3 Å². The number of carbonyl (C=O) groups is 1. The topological polar surface area (TPSA) is 64.2 Å². The Morgan fingerprint density at radius 3 is 3.15 bits per heavy atom. The summed E-state index contributed by atoms with van der Waals surface area (Å²) in [6.45, 7) is 2.99. The van der Waals surface area contributed by atoms with Crippen molar-refractivity contribution < 1.29 is 4.79 Å². The molecular formula is C14H18N4OS. The number of nitrogens with two attached hydrogens (primary N) is 1. The van der Waals surface area contributed by atoms with Crippen molar-refractivity contribution in [2.45, 2.75) is 32.0 Å². The second-order valence-electron chi connectivity index (χ2n) is 5.19. The summed E-state index contributed by atoms with van der Waals surface area (Å²) in [5.74, 6) is -0.344. The van der Waals surface area contributed by atoms with Crippen molar-refractivity contribution in [1.82, 2.24) is 14.5 Å². The summed E-state index contributed by atoms with van der Waals surface area (Å²) in [7, 11) is 0. The molecule has 3 rings (SSSR count). The zero-order chi connectivity index (χ0) is 13.9. The lowest BCUT2D eigenvalue weighted by molar-refractivity contribution is 0.100. The van der Waals surface area contributed by atoms with Gasteiger partial charge in [-0.25, -0.2) is 4.98 Å². The monoisotopic (exact) mass is 290 g/mol. The number of thiophene rings is 1. The Morgan fingerprint density at radius 2 is 2.45 bits per heavy atom. The second-order valence-corrected chi connectivity index (χ2v) is 6.19. The van der Waals surface area contributed by atoms with E-state index >= 15 is 0 Å². The maximum Gasteiger partial charge on any atom is 0.249 e. The van der Waals surface area contributed by atoms with Gasteiger partial charge in [-0.05, 0) is 25.5 Å². The van der Waals surface area contributed by atoms with Crippen molar-refractivity contribution in [2.24, 2.45) is 5.73 Å². The summed E-state index contributed by atoms with van der Waals surface area (Å²) in [5, 5.41) is 1.85. The zero-order valence-corrected chi connectivity index (χ0v) is 12.1. The van der Waals surface area contributed by atoms with Crippen LogP contribution in [0.4, 0.5) is 0 Å². The van der Waals surface area contributed by atoms with Crippen molar-refractivity contribution in [1.29, 1.82) is 0 Å². The zero-order valence-electron chi connectivity index (χ0n) is 11.2. The Morgan fingerprint density at radius 1 is 1.55 bits per heavy atom. The number of imidazole rings is 1. The Kier molecular flexibility index (Phi) is 3.84. The minimum absolute atomic E-state index is 0.344. The fourth-order valence-corrected chi connectivity index (χ4v) is 3.64. The van der Waals surface area contributed by atoms with Crippen LogP contribution >= 0.6 is 11.3 Å². The number of nitrogens with zero attached hydrogens (tertiary/aromatic N) is 3. The number of primary amides is 1. The highest BCUT2D eigenvalue weighted by molar-refractivity contribution is 7.10. The molecule has 0 radical (unpaired) electrons. The van der Waals surface area contributed by atoms with E-state index in [0.717, 1.165) is 19.6 Å². The molecule has 20 heavy (non-hydrogen) atoms. The van der Waals surface area contributed by atoms with E-state index in [1.807, 2.05) is 30.2 Å². The number of carbonyl (C=O) groups excluding carboxylic acids is 1. The molecule has 1 amide bonds. The third kappa shape index (κ3) is 2.91. The van der Waals surface area contributed by atoms with Crippen LogP contribution in [-0.4, -0.2) is 32.9 Å². The third-order valence-corrected chi connectivity index (χ3v) is 4.70. The average molecular weight is 290 g/mol. The number of aromatic nitrogens is 2. The lowest BCUT2D eigenvalue weighted by Gasteiger charge is -2.24. The van der Waals surface area contributed by atoms with Gasteiger partial charge in [0.2, 0.25) is 5.91 Å². The Balaban J connectivity index is 1.64. The van der Waals surface area contributed by atoms with Crippen LogP contribution in [0, 0.1) is 0 Å². The SMILES string of the molecule is NC(=O)c1csc(CN2CCC[C@H]2Cn2ccnc2)c1. The second kappa shape index (κ2) is 5.76. The van der Waals surface area contributed by atoms with Gasteiger partial charge in [-0.3, -0.25) is 9.69 Å². The summed E-state index contributed by atoms with van der Waals surface area (Å²) in [4.78, 5) is 18.9. The van der Waals surface area contributed by atoms with Crippen LogP contribution in [0.5, 0.6) is 0 Å². The van der Waals surface area contributed by atoms with E-state index in [4.69, 9.17) is 5.73 Å². The van der Waals surface area contributed by atoms with Crippen molar-refractivity contribution in [3.63, 3.8) is 0 Å². The highest BCUT2D eigenvalue weighted by Crippen LogP contribution is 2.24. The highest BCUT2D eigenvalue weighted by Gasteiger charge is 2.25. The van der Waals surface area contributed by atoms with Gasteiger partial charge in [0.25, 0.3) is 0 Å². The van der Waals surface area contributed by atoms with Gasteiger partial charge in [-0.15, -0.1) is 11.3 Å². The fraction of sp³-hybridized carbons (Fsp3) is 0.429. The smallest absolute Gasteiger partial charge is 0.249 e. The van der Waals surface area contributed by atoms with Gasteiger partial charge in [-0.1, -0.05) is 0 Å². The van der Waals surface area contributed by atoms with Gasteiger partial charge in [-0.2, -0.15) is 0 Å². The van der Waals surface area contributed by atoms with Gasteiger partial charge in [0.05, 0.1) is 11.9 Å². The molecule has 1 aliphatic rings. The molecule has 106 valence electrons. The Hall–Kier alpha value is -1.66. The molecule has 1 atom stereocenters. The predicted octanol–water partition coefficient (Wildman–Crippen LogP) is 1.71. The molecule has 0 bridgehead atoms. The van der Waals surface area contributed by atoms with E-state index in [1.165, 1.54) is 17.7 Å². The summed E-state index contributed by atoms with van der Waals surface area (Å²) >= 11 is 1.61. The number of amides is 1. The van der Waals surface area contributed by atoms with E-state index in [2.05, 4.69) is 14.5 Å². The Bertz CT molecular complexity index is 578. The summed E-state index contributed by atoms with van der Waals surface area (Å²) in [6.07, 6.45) is 8.14. The molecule has 0 spiro atoms. The van der Waals surface area contributed by atoms with Crippen LogP contribution in [0.3, 0.4) is 0 Å². The molecule has 2 N–H and O–H groups in total. The van der Waals surface area contributed by atoms with Crippen LogP contribution in [0.2, 0.25) is 0 Å². The first-order chi connectivity index (χ1) is 9.72. The first-order valence-corrected chi connectivity index (χ1v) is 7.67. The van der Waals surface area contributed by atoms with Crippen molar-refractivity contribution in [3.8, 4) is 0 Å². The highest BCUT2D eigenvalue weighted by atomic mass is 32.1. The molecule has 5 nitrogen and oxygen atoms in total. The van der Waals surface area contributed by atoms with Crippen molar-refractivity contribution >= 4 is 17.2 Å². The summed E-state index contributed by atoms with van der Waals surface area (Å²) in [5.41, 5.74) is 5.92. The maximum atomic E-state index is 11.1. The molecular weight excluding hydrogens is 272 g/mol. The summed E-state index contributed by atoms with van der Waals surface area (Å²) in [6, 6.07) is 2.46. The van der Waals surface area contributed by atoms with Crippen LogP contribution in [0.1, 0.15) is 28.1 Å². The van der Waals surface area contributed by atoms with Gasteiger partial charge in [0.15, 0.2) is 0 Å². The first kappa shape index (κ1) is 13.3. The van der Waals surface area contributed by atoms with Crippen molar-refractivity contribution in [2.75, 3.05) is 6.54 Å². The molecule has 1 aliphatic heterocycles. The standard InChI is InChI=1S/C14H18N4OS/c15-14(19)11-6-13(20-9-11)8-18-4-1-2-12(18)7-17-5-3-16-10-17/h3,5-6,9-10,12H,1-2,4,7-8H2,(H2,15,19)/t12-/m0/s1. The molecule has 2 aromatic rings. The minimum Gasteiger partial charge on any atom is -0.366 e. The number of hydrogen-bond acceptors (Lipinski definition) is 4. The van der Waals surface area contributed by atoms with Crippen LogP contribution in [0.25, 0.3) is 0 Å². The van der Waals surface area contributed by atoms with Crippen molar-refractivity contribution in [3.05, 3.63) is 40.6 Å². The molecule has 3 heterocycles. The largest absolute Gasteiger partial charge is 0.366 e. The van der Waals surface area contributed by atoms with E-state index < -0.39 is 0 Å². The molecule has 0 aliphatic carbocycles. The van der Waals surface area contributed by atoms with E-state index in [1.54, 1.807) is 11.3 Å². The van der Waals surface area contributed by atoms with E-state index in [-0.39, 0.29) is 5.91 Å². The van der Waals surface area contributed by atoms with E-state index in [0.29, 0.717) is 11.6 Å². The fourth-order valence-electron chi connectivity index (χ4n) is 2.74. The van der Waals surface area contributed by atoms with Crippen LogP contribution < -0.4 is 5.73 Å². The van der Waals surface area contributed by atoms with Gasteiger partial charge in [0, 0.05) is 41.8 Å². The number of hydrogen-bond donors (Lipinski definition) is 1. The molecule has 0 aromatic carbocycles. The lowest BCUT2D eigenvalue weighted by Crippen LogP contribution is -2.32. The molecule has 0 unspecified atom stereocenters. The first-order valence-electron chi connectivity index (χ1n) is 6.79. The summed E-state index contributed by atoms with van der Waals surface area (Å²) < 4.78 is 2.13. The van der Waals surface area contributed by atoms with Crippen LogP contribution in [0.15, 0.2) is 30.2 Å². The minimum atomic E-state index is -0.344. The third-order valence-electron chi connectivity index (χ3n) is 3.78. The van der Waals surface area contributed by atoms with Crippen LogP contribution in [-0.2, 0) is 13.1 Å². The average Bonchev–Trinajstić information content (AvgIpc) is 3.13. The number of likely N-dealkylation sites (tertiary alicyclic amines) is 1. The van der Waals surface area contributed by atoms with E-state index in [9.17, 15) is 4.79 Å². The molecule has 6 heteroatoms. The Labute approximate surface area is 122 Å². The number of rotatable bonds is 5. The lowest BCUT2D eigenvalue weighted by atomic mass is 10.2. The predicted molar refractivity (Wildman–Crippen MR) is 78.5 cm³/mol. The molecule has 1 fully saturated rings.